The summed E-state index contributed by atoms with van der Waals surface area (Å²) in [6, 6.07) is 13.5. The first kappa shape index (κ1) is 14.7. The van der Waals surface area contributed by atoms with E-state index in [-0.39, 0.29) is 17.8 Å². The van der Waals surface area contributed by atoms with Crippen molar-refractivity contribution in [2.24, 2.45) is 5.84 Å². The fraction of sp³-hybridized carbons (Fsp3) is 0.294. The van der Waals surface area contributed by atoms with Gasteiger partial charge in [-0.1, -0.05) is 36.4 Å². The van der Waals surface area contributed by atoms with E-state index in [1.165, 1.54) is 11.1 Å². The van der Waals surface area contributed by atoms with Gasteiger partial charge in [-0.3, -0.25) is 11.3 Å². The Morgan fingerprint density at radius 1 is 1.19 bits per heavy atom. The summed E-state index contributed by atoms with van der Waals surface area (Å²) in [5.74, 6) is 5.74. The Labute approximate surface area is 132 Å². The summed E-state index contributed by atoms with van der Waals surface area (Å²) in [7, 11) is 0. The minimum absolute atomic E-state index is 0.198. The molecule has 2 unspecified atom stereocenters. The zero-order chi connectivity index (χ0) is 14.8. The molecule has 2 aromatic rings. The number of hydrazine groups is 1. The van der Waals surface area contributed by atoms with Crippen molar-refractivity contribution < 1.29 is 4.39 Å². The van der Waals surface area contributed by atoms with Crippen LogP contribution in [-0.4, -0.2) is 0 Å². The maximum atomic E-state index is 14.4. The predicted octanol–water partition coefficient (Wildman–Crippen LogP) is 4.21. The normalized spacial score (nSPS) is 19.1. The Bertz CT molecular complexity index is 644. The van der Waals surface area contributed by atoms with E-state index >= 15 is 0 Å². The minimum atomic E-state index is -0.233. The topological polar surface area (TPSA) is 38.0 Å². The number of nitrogens with two attached hydrogens (primary N) is 1. The van der Waals surface area contributed by atoms with Crippen LogP contribution in [0.3, 0.4) is 0 Å². The van der Waals surface area contributed by atoms with E-state index in [1.807, 2.05) is 18.2 Å². The van der Waals surface area contributed by atoms with Crippen molar-refractivity contribution in [3.05, 3.63) is 69.4 Å². The summed E-state index contributed by atoms with van der Waals surface area (Å²) >= 11 is 3.26. The third-order valence-electron chi connectivity index (χ3n) is 4.31. The lowest BCUT2D eigenvalue weighted by atomic mass is 9.77. The number of aryl methyl sites for hydroxylation is 1. The SMILES string of the molecule is NNC(c1cccc(Br)c1F)C1CCCc2ccccc21. The standard InChI is InChI=1S/C17H18BrFN2/c18-15-10-4-9-14(16(15)19)17(21-20)13-8-3-6-11-5-1-2-7-12(11)13/h1-2,4-5,7,9-10,13,17,21H,3,6,8,20H2. The molecule has 1 aliphatic carbocycles. The van der Waals surface area contributed by atoms with Gasteiger partial charge in [-0.05, 0) is 52.4 Å². The molecular weight excluding hydrogens is 331 g/mol. The molecule has 0 heterocycles. The smallest absolute Gasteiger partial charge is 0.142 e. The van der Waals surface area contributed by atoms with Gasteiger partial charge in [-0.25, -0.2) is 4.39 Å². The van der Waals surface area contributed by atoms with E-state index in [9.17, 15) is 4.39 Å². The van der Waals surface area contributed by atoms with Crippen LogP contribution in [0.1, 0.15) is 41.5 Å². The van der Waals surface area contributed by atoms with Crippen molar-refractivity contribution in [2.45, 2.75) is 31.2 Å². The van der Waals surface area contributed by atoms with Crippen molar-refractivity contribution in [2.75, 3.05) is 0 Å². The molecule has 1 aliphatic rings. The average Bonchev–Trinajstić information content (AvgIpc) is 2.52. The molecule has 2 atom stereocenters. The molecule has 3 rings (SSSR count). The molecule has 2 nitrogen and oxygen atoms in total. The minimum Gasteiger partial charge on any atom is -0.271 e. The maximum absolute atomic E-state index is 14.4. The number of nitrogens with one attached hydrogen (secondary N) is 1. The quantitative estimate of drug-likeness (QED) is 0.643. The van der Waals surface area contributed by atoms with Crippen molar-refractivity contribution in [3.8, 4) is 0 Å². The third-order valence-corrected chi connectivity index (χ3v) is 4.93. The highest BCUT2D eigenvalue weighted by atomic mass is 79.9. The number of hydrogen-bond donors (Lipinski definition) is 2. The second-order valence-corrected chi connectivity index (χ2v) is 6.34. The molecule has 21 heavy (non-hydrogen) atoms. The fourth-order valence-corrected chi connectivity index (χ4v) is 3.70. The summed E-state index contributed by atoms with van der Waals surface area (Å²) in [6.45, 7) is 0. The summed E-state index contributed by atoms with van der Waals surface area (Å²) in [5, 5.41) is 0. The Balaban J connectivity index is 2.04. The lowest BCUT2D eigenvalue weighted by molar-refractivity contribution is 0.395. The summed E-state index contributed by atoms with van der Waals surface area (Å²) in [6.07, 6.45) is 3.21. The van der Waals surface area contributed by atoms with Crippen LogP contribution in [0, 0.1) is 5.82 Å². The van der Waals surface area contributed by atoms with Crippen LogP contribution in [0.4, 0.5) is 4.39 Å². The number of fused-ring (bicyclic) bond motifs is 1. The van der Waals surface area contributed by atoms with E-state index in [4.69, 9.17) is 5.84 Å². The highest BCUT2D eigenvalue weighted by Crippen LogP contribution is 2.41. The first-order valence-electron chi connectivity index (χ1n) is 7.20. The van der Waals surface area contributed by atoms with Crippen LogP contribution in [0.15, 0.2) is 46.9 Å². The van der Waals surface area contributed by atoms with Gasteiger partial charge in [0, 0.05) is 11.5 Å². The summed E-state index contributed by atoms with van der Waals surface area (Å²) in [5.41, 5.74) is 6.09. The van der Waals surface area contributed by atoms with Crippen molar-refractivity contribution in [1.82, 2.24) is 5.43 Å². The Kier molecular flexibility index (Phi) is 4.38. The molecule has 3 N–H and O–H groups in total. The molecule has 110 valence electrons. The average molecular weight is 349 g/mol. The van der Waals surface area contributed by atoms with E-state index in [0.29, 0.717) is 10.0 Å². The molecule has 0 amide bonds. The lowest BCUT2D eigenvalue weighted by Crippen LogP contribution is -2.34. The van der Waals surface area contributed by atoms with Crippen LogP contribution in [0.5, 0.6) is 0 Å². The maximum Gasteiger partial charge on any atom is 0.142 e. The second kappa shape index (κ2) is 6.26. The zero-order valence-electron chi connectivity index (χ0n) is 11.7. The summed E-state index contributed by atoms with van der Waals surface area (Å²) in [4.78, 5) is 0. The number of rotatable bonds is 3. The third kappa shape index (κ3) is 2.76. The molecule has 0 saturated heterocycles. The number of halogens is 2. The predicted molar refractivity (Wildman–Crippen MR) is 86.3 cm³/mol. The molecule has 4 heteroatoms. The van der Waals surface area contributed by atoms with E-state index < -0.39 is 0 Å². The van der Waals surface area contributed by atoms with Crippen LogP contribution in [0.2, 0.25) is 0 Å². The number of benzene rings is 2. The van der Waals surface area contributed by atoms with Gasteiger partial charge < -0.3 is 0 Å². The van der Waals surface area contributed by atoms with Crippen LogP contribution in [0.25, 0.3) is 0 Å². The van der Waals surface area contributed by atoms with Gasteiger partial charge in [0.15, 0.2) is 0 Å². The monoisotopic (exact) mass is 348 g/mol. The van der Waals surface area contributed by atoms with Gasteiger partial charge in [-0.15, -0.1) is 0 Å². The van der Waals surface area contributed by atoms with Gasteiger partial charge in [0.25, 0.3) is 0 Å². The highest BCUT2D eigenvalue weighted by Gasteiger charge is 2.30. The highest BCUT2D eigenvalue weighted by molar-refractivity contribution is 9.10. The van der Waals surface area contributed by atoms with Crippen LogP contribution < -0.4 is 11.3 Å². The molecule has 0 saturated carbocycles. The van der Waals surface area contributed by atoms with Crippen molar-refractivity contribution in [1.29, 1.82) is 0 Å². The molecule has 2 aromatic carbocycles. The zero-order valence-corrected chi connectivity index (χ0v) is 13.2. The molecular formula is C17H18BrFN2. The van der Waals surface area contributed by atoms with Gasteiger partial charge in [0.05, 0.1) is 10.5 Å². The van der Waals surface area contributed by atoms with E-state index in [1.54, 1.807) is 6.07 Å². The van der Waals surface area contributed by atoms with Crippen molar-refractivity contribution >= 4 is 15.9 Å². The number of hydrogen-bond acceptors (Lipinski definition) is 2. The first-order chi connectivity index (χ1) is 10.2. The Morgan fingerprint density at radius 3 is 2.81 bits per heavy atom. The lowest BCUT2D eigenvalue weighted by Gasteiger charge is -2.32. The first-order valence-corrected chi connectivity index (χ1v) is 7.99. The second-order valence-electron chi connectivity index (χ2n) is 5.48. The van der Waals surface area contributed by atoms with Gasteiger partial charge in [-0.2, -0.15) is 0 Å². The summed E-state index contributed by atoms with van der Waals surface area (Å²) < 4.78 is 14.9. The molecule has 0 fully saturated rings. The fourth-order valence-electron chi connectivity index (χ4n) is 3.32. The van der Waals surface area contributed by atoms with E-state index in [0.717, 1.165) is 19.3 Å². The Morgan fingerprint density at radius 2 is 2.00 bits per heavy atom. The molecule has 0 aliphatic heterocycles. The largest absolute Gasteiger partial charge is 0.271 e. The Hall–Kier alpha value is -1.23. The van der Waals surface area contributed by atoms with Gasteiger partial charge in [0.2, 0.25) is 0 Å². The van der Waals surface area contributed by atoms with Crippen LogP contribution >= 0.6 is 15.9 Å². The van der Waals surface area contributed by atoms with Gasteiger partial charge >= 0.3 is 0 Å². The van der Waals surface area contributed by atoms with E-state index in [2.05, 4.69) is 39.6 Å². The van der Waals surface area contributed by atoms with Crippen molar-refractivity contribution in [3.63, 3.8) is 0 Å². The van der Waals surface area contributed by atoms with Gasteiger partial charge in [0.1, 0.15) is 5.82 Å². The molecule has 0 aromatic heterocycles. The van der Waals surface area contributed by atoms with Crippen LogP contribution in [-0.2, 0) is 6.42 Å². The molecule has 0 bridgehead atoms. The molecule has 0 spiro atoms. The molecule has 0 radical (unpaired) electrons.